The van der Waals surface area contributed by atoms with Crippen LogP contribution in [0.3, 0.4) is 0 Å². The first kappa shape index (κ1) is 13.8. The Morgan fingerprint density at radius 2 is 1.95 bits per heavy atom. The fourth-order valence-corrected chi connectivity index (χ4v) is 2.70. The van der Waals surface area contributed by atoms with Crippen LogP contribution in [0.2, 0.25) is 0 Å². The Balaban J connectivity index is 2.06. The summed E-state index contributed by atoms with van der Waals surface area (Å²) in [6.45, 7) is 0.112. The SMILES string of the molecule is CO[C@@H](CNS(=O)(=O)c1ccccc1)c1ccco1. The molecule has 1 atom stereocenters. The highest BCUT2D eigenvalue weighted by molar-refractivity contribution is 7.89. The number of benzene rings is 1. The van der Waals surface area contributed by atoms with Crippen LogP contribution in [0.5, 0.6) is 0 Å². The Hall–Kier alpha value is -1.63. The second-order valence-corrected chi connectivity index (χ2v) is 5.67. The molecule has 0 radical (unpaired) electrons. The van der Waals surface area contributed by atoms with Gasteiger partial charge in [0.1, 0.15) is 11.9 Å². The van der Waals surface area contributed by atoms with Crippen molar-refractivity contribution in [2.24, 2.45) is 0 Å². The van der Waals surface area contributed by atoms with Gasteiger partial charge >= 0.3 is 0 Å². The number of ether oxygens (including phenoxy) is 1. The van der Waals surface area contributed by atoms with E-state index in [1.54, 1.807) is 30.3 Å². The van der Waals surface area contributed by atoms with Gasteiger partial charge in [-0.3, -0.25) is 0 Å². The molecule has 0 unspecified atom stereocenters. The molecule has 2 aromatic rings. The molecule has 2 rings (SSSR count). The third-order valence-corrected chi connectivity index (χ3v) is 4.10. The van der Waals surface area contributed by atoms with E-state index < -0.39 is 16.1 Å². The van der Waals surface area contributed by atoms with Crippen LogP contribution in [-0.2, 0) is 14.8 Å². The molecule has 0 bridgehead atoms. The van der Waals surface area contributed by atoms with Crippen LogP contribution in [0, 0.1) is 0 Å². The van der Waals surface area contributed by atoms with Gasteiger partial charge < -0.3 is 9.15 Å². The van der Waals surface area contributed by atoms with E-state index >= 15 is 0 Å². The smallest absolute Gasteiger partial charge is 0.240 e. The third kappa shape index (κ3) is 3.44. The number of hydrogen-bond donors (Lipinski definition) is 1. The van der Waals surface area contributed by atoms with Gasteiger partial charge in [-0.05, 0) is 24.3 Å². The predicted octanol–water partition coefficient (Wildman–Crippen LogP) is 1.95. The maximum absolute atomic E-state index is 12.0. The van der Waals surface area contributed by atoms with Gasteiger partial charge in [-0.1, -0.05) is 18.2 Å². The van der Waals surface area contributed by atoms with Gasteiger partial charge in [0.2, 0.25) is 10.0 Å². The summed E-state index contributed by atoms with van der Waals surface area (Å²) in [6.07, 6.45) is 1.07. The van der Waals surface area contributed by atoms with Crippen molar-refractivity contribution in [3.8, 4) is 0 Å². The third-order valence-electron chi connectivity index (χ3n) is 2.66. The number of methoxy groups -OCH3 is 1. The molecule has 0 aliphatic carbocycles. The molecule has 1 aromatic heterocycles. The highest BCUT2D eigenvalue weighted by Crippen LogP contribution is 2.17. The molecule has 19 heavy (non-hydrogen) atoms. The van der Waals surface area contributed by atoms with Crippen LogP contribution in [0.25, 0.3) is 0 Å². The summed E-state index contributed by atoms with van der Waals surface area (Å²) >= 11 is 0. The van der Waals surface area contributed by atoms with Crippen molar-refractivity contribution in [3.05, 3.63) is 54.5 Å². The summed E-state index contributed by atoms with van der Waals surface area (Å²) < 4.78 is 37.0. The molecule has 0 fully saturated rings. The average molecular weight is 281 g/mol. The molecule has 102 valence electrons. The van der Waals surface area contributed by atoms with Crippen molar-refractivity contribution < 1.29 is 17.6 Å². The molecule has 1 heterocycles. The van der Waals surface area contributed by atoms with Crippen LogP contribution in [0.15, 0.2) is 58.0 Å². The number of hydrogen-bond acceptors (Lipinski definition) is 4. The summed E-state index contributed by atoms with van der Waals surface area (Å²) in [6, 6.07) is 11.7. The van der Waals surface area contributed by atoms with Gasteiger partial charge in [0, 0.05) is 13.7 Å². The largest absolute Gasteiger partial charge is 0.467 e. The topological polar surface area (TPSA) is 68.5 Å². The Bertz CT molecular complexity index is 593. The highest BCUT2D eigenvalue weighted by Gasteiger charge is 2.19. The van der Waals surface area contributed by atoms with Gasteiger partial charge in [-0.25, -0.2) is 13.1 Å². The van der Waals surface area contributed by atoms with Gasteiger partial charge in [0.05, 0.1) is 11.2 Å². The summed E-state index contributed by atoms with van der Waals surface area (Å²) in [7, 11) is -2.02. The first-order chi connectivity index (χ1) is 9.13. The zero-order chi connectivity index (χ0) is 13.7. The lowest BCUT2D eigenvalue weighted by molar-refractivity contribution is 0.0878. The summed E-state index contributed by atoms with van der Waals surface area (Å²) in [5.41, 5.74) is 0. The van der Waals surface area contributed by atoms with Crippen LogP contribution in [0.4, 0.5) is 0 Å². The Kier molecular flexibility index (Phi) is 4.36. The van der Waals surface area contributed by atoms with Crippen LogP contribution < -0.4 is 4.72 Å². The second-order valence-electron chi connectivity index (χ2n) is 3.90. The fraction of sp³-hybridized carbons (Fsp3) is 0.231. The number of rotatable bonds is 6. The van der Waals surface area contributed by atoms with Gasteiger partial charge in [0.25, 0.3) is 0 Å². The minimum atomic E-state index is -3.53. The normalized spacial score (nSPS) is 13.3. The molecule has 1 N–H and O–H groups in total. The first-order valence-corrected chi connectivity index (χ1v) is 7.23. The van der Waals surface area contributed by atoms with E-state index in [2.05, 4.69) is 4.72 Å². The quantitative estimate of drug-likeness (QED) is 0.878. The van der Waals surface area contributed by atoms with Crippen molar-refractivity contribution in [1.82, 2.24) is 4.72 Å². The first-order valence-electron chi connectivity index (χ1n) is 5.74. The van der Waals surface area contributed by atoms with Crippen molar-refractivity contribution in [2.45, 2.75) is 11.0 Å². The highest BCUT2D eigenvalue weighted by atomic mass is 32.2. The van der Waals surface area contributed by atoms with E-state index in [1.807, 2.05) is 0 Å². The molecule has 0 saturated carbocycles. The number of furan rings is 1. The second kappa shape index (κ2) is 6.01. The fourth-order valence-electron chi connectivity index (χ4n) is 1.64. The van der Waals surface area contributed by atoms with Gasteiger partial charge in [-0.15, -0.1) is 0 Å². The molecule has 0 aliphatic rings. The molecule has 0 amide bonds. The van der Waals surface area contributed by atoms with Crippen molar-refractivity contribution >= 4 is 10.0 Å². The number of sulfonamides is 1. The minimum absolute atomic E-state index is 0.112. The summed E-state index contributed by atoms with van der Waals surface area (Å²) in [4.78, 5) is 0.226. The Morgan fingerprint density at radius 3 is 2.53 bits per heavy atom. The molecule has 1 aromatic carbocycles. The van der Waals surface area contributed by atoms with Crippen molar-refractivity contribution in [3.63, 3.8) is 0 Å². The van der Waals surface area contributed by atoms with E-state index in [0.717, 1.165) is 0 Å². The van der Waals surface area contributed by atoms with E-state index in [9.17, 15) is 8.42 Å². The zero-order valence-corrected chi connectivity index (χ0v) is 11.3. The lowest BCUT2D eigenvalue weighted by atomic mass is 10.3. The van der Waals surface area contributed by atoms with Crippen molar-refractivity contribution in [1.29, 1.82) is 0 Å². The van der Waals surface area contributed by atoms with E-state index in [-0.39, 0.29) is 11.4 Å². The summed E-state index contributed by atoms with van der Waals surface area (Å²) in [5, 5.41) is 0. The van der Waals surface area contributed by atoms with Gasteiger partial charge in [-0.2, -0.15) is 0 Å². The van der Waals surface area contributed by atoms with E-state index in [0.29, 0.717) is 5.76 Å². The van der Waals surface area contributed by atoms with Gasteiger partial charge in [0.15, 0.2) is 0 Å². The van der Waals surface area contributed by atoms with Crippen molar-refractivity contribution in [2.75, 3.05) is 13.7 Å². The molecule has 0 aliphatic heterocycles. The molecule has 5 nitrogen and oxygen atoms in total. The minimum Gasteiger partial charge on any atom is -0.467 e. The zero-order valence-electron chi connectivity index (χ0n) is 10.4. The maximum atomic E-state index is 12.0. The predicted molar refractivity (Wildman–Crippen MR) is 70.1 cm³/mol. The Labute approximate surface area is 112 Å². The standard InChI is InChI=1S/C13H15NO4S/c1-17-13(12-8-5-9-18-12)10-14-19(15,16)11-6-3-2-4-7-11/h2-9,13-14H,10H2,1H3/t13-/m0/s1. The van der Waals surface area contributed by atoms with Crippen LogP contribution in [-0.4, -0.2) is 22.1 Å². The molecule has 0 saturated heterocycles. The van der Waals surface area contributed by atoms with E-state index in [1.165, 1.54) is 25.5 Å². The van der Waals surface area contributed by atoms with E-state index in [4.69, 9.17) is 9.15 Å². The average Bonchev–Trinajstić information content (AvgIpc) is 2.94. The lowest BCUT2D eigenvalue weighted by Gasteiger charge is -2.14. The van der Waals surface area contributed by atoms with Crippen LogP contribution >= 0.6 is 0 Å². The maximum Gasteiger partial charge on any atom is 0.240 e. The molecule has 6 heteroatoms. The molecule has 0 spiro atoms. The lowest BCUT2D eigenvalue weighted by Crippen LogP contribution is -2.29. The number of nitrogens with one attached hydrogen (secondary N) is 1. The monoisotopic (exact) mass is 281 g/mol. The molecular formula is C13H15NO4S. The molecular weight excluding hydrogens is 266 g/mol. The van der Waals surface area contributed by atoms with Crippen LogP contribution in [0.1, 0.15) is 11.9 Å². The Morgan fingerprint density at radius 1 is 1.21 bits per heavy atom. The summed E-state index contributed by atoms with van der Waals surface area (Å²) in [5.74, 6) is 0.582.